The van der Waals surface area contributed by atoms with E-state index >= 15 is 0 Å². The molecule has 2 aliphatic heterocycles. The summed E-state index contributed by atoms with van der Waals surface area (Å²) in [5.41, 5.74) is 4.46. The van der Waals surface area contributed by atoms with Crippen molar-refractivity contribution in [2.75, 3.05) is 23.7 Å². The molecule has 10 nitrogen and oxygen atoms in total. The summed E-state index contributed by atoms with van der Waals surface area (Å²) in [4.78, 5) is 56.3. The van der Waals surface area contributed by atoms with Crippen LogP contribution in [-0.4, -0.2) is 70.2 Å². The van der Waals surface area contributed by atoms with E-state index < -0.39 is 35.5 Å². The third-order valence-corrected chi connectivity index (χ3v) is 10.2. The van der Waals surface area contributed by atoms with E-state index in [0.29, 0.717) is 37.3 Å². The number of hydrogen-bond donors (Lipinski definition) is 2. The zero-order valence-electron chi connectivity index (χ0n) is 31.9. The number of ether oxygens (including phenoxy) is 2. The first kappa shape index (κ1) is 38.2. The first-order valence-electron chi connectivity index (χ1n) is 19.0. The van der Waals surface area contributed by atoms with Crippen molar-refractivity contribution in [3.8, 4) is 11.1 Å². The molecule has 1 aliphatic carbocycles. The second-order valence-corrected chi connectivity index (χ2v) is 16.5. The molecule has 278 valence electrons. The van der Waals surface area contributed by atoms with Crippen molar-refractivity contribution < 1.29 is 28.7 Å². The van der Waals surface area contributed by atoms with Gasteiger partial charge in [-0.25, -0.2) is 9.59 Å². The number of likely N-dealkylation sites (tertiary alicyclic amines) is 2. The maximum Gasteiger partial charge on any atom is 0.410 e. The van der Waals surface area contributed by atoms with E-state index in [9.17, 15) is 19.2 Å². The Balaban J connectivity index is 1.43. The van der Waals surface area contributed by atoms with Gasteiger partial charge in [0.25, 0.3) is 0 Å². The van der Waals surface area contributed by atoms with Crippen LogP contribution in [0.1, 0.15) is 131 Å². The van der Waals surface area contributed by atoms with Gasteiger partial charge in [-0.05, 0) is 127 Å². The Morgan fingerprint density at radius 3 is 1.43 bits per heavy atom. The Morgan fingerprint density at radius 1 is 0.686 bits per heavy atom. The van der Waals surface area contributed by atoms with Crippen LogP contribution in [0.4, 0.5) is 21.0 Å². The van der Waals surface area contributed by atoms with Crippen LogP contribution < -0.4 is 10.6 Å². The van der Waals surface area contributed by atoms with E-state index in [2.05, 4.69) is 48.7 Å². The third-order valence-electron chi connectivity index (χ3n) is 10.2. The number of carbonyl (C=O) groups excluding carboxylic acids is 4. The van der Waals surface area contributed by atoms with Crippen LogP contribution in [0.3, 0.4) is 0 Å². The molecule has 0 unspecified atom stereocenters. The molecule has 5 rings (SSSR count). The Labute approximate surface area is 304 Å². The summed E-state index contributed by atoms with van der Waals surface area (Å²) in [5, 5.41) is 6.29. The van der Waals surface area contributed by atoms with Crippen molar-refractivity contribution in [2.45, 2.75) is 148 Å². The lowest BCUT2D eigenvalue weighted by Gasteiger charge is -2.33. The van der Waals surface area contributed by atoms with Gasteiger partial charge in [-0.3, -0.25) is 19.4 Å². The number of hydrogen-bond acceptors (Lipinski definition) is 6. The minimum Gasteiger partial charge on any atom is -0.444 e. The topological polar surface area (TPSA) is 117 Å². The predicted octanol–water partition coefficient (Wildman–Crippen LogP) is 9.01. The molecule has 4 amide bonds. The van der Waals surface area contributed by atoms with Gasteiger partial charge in [0, 0.05) is 29.9 Å². The van der Waals surface area contributed by atoms with Crippen LogP contribution in [0.5, 0.6) is 0 Å². The number of fused-ring (bicyclic) bond motifs is 3. The largest absolute Gasteiger partial charge is 0.444 e. The molecule has 0 radical (unpaired) electrons. The average Bonchev–Trinajstić information content (AvgIpc) is 3.79. The molecule has 0 spiro atoms. The number of carbonyl (C=O) groups is 4. The van der Waals surface area contributed by atoms with Gasteiger partial charge < -0.3 is 20.1 Å². The minimum absolute atomic E-state index is 0.209. The van der Waals surface area contributed by atoms with E-state index in [1.54, 1.807) is 9.80 Å². The molecule has 2 fully saturated rings. The summed E-state index contributed by atoms with van der Waals surface area (Å²) in [5.74, 6) is -0.419. The van der Waals surface area contributed by atoms with Crippen LogP contribution >= 0.6 is 0 Å². The van der Waals surface area contributed by atoms with Crippen molar-refractivity contribution in [3.05, 3.63) is 47.5 Å². The molecule has 3 aliphatic rings. The minimum atomic E-state index is -0.643. The van der Waals surface area contributed by atoms with Crippen LogP contribution in [0.15, 0.2) is 36.4 Å². The van der Waals surface area contributed by atoms with Crippen molar-refractivity contribution in [1.82, 2.24) is 9.80 Å². The first-order valence-corrected chi connectivity index (χ1v) is 19.0. The highest BCUT2D eigenvalue weighted by atomic mass is 16.6. The molecule has 10 heteroatoms. The van der Waals surface area contributed by atoms with Gasteiger partial charge in [0.2, 0.25) is 11.8 Å². The van der Waals surface area contributed by atoms with Gasteiger partial charge in [0.15, 0.2) is 0 Å². The summed E-state index contributed by atoms with van der Waals surface area (Å²) in [6, 6.07) is 11.2. The van der Waals surface area contributed by atoms with Gasteiger partial charge in [-0.1, -0.05) is 51.7 Å². The highest BCUT2D eigenvalue weighted by molar-refractivity contribution is 5.99. The molecule has 0 bridgehead atoms. The van der Waals surface area contributed by atoms with Crippen LogP contribution in [0.25, 0.3) is 11.1 Å². The predicted molar refractivity (Wildman–Crippen MR) is 201 cm³/mol. The molecular weight excluding hydrogens is 644 g/mol. The number of nitrogens with zero attached hydrogens (tertiary/aromatic N) is 2. The maximum atomic E-state index is 13.7. The molecule has 2 aromatic rings. The molecule has 51 heavy (non-hydrogen) atoms. The molecule has 2 N–H and O–H groups in total. The fraction of sp³-hybridized carbons (Fsp3) is 0.610. The van der Waals surface area contributed by atoms with Gasteiger partial charge in [-0.15, -0.1) is 0 Å². The van der Waals surface area contributed by atoms with Crippen molar-refractivity contribution >= 4 is 35.4 Å². The summed E-state index contributed by atoms with van der Waals surface area (Å²) < 4.78 is 11.2. The number of rotatable bonds is 10. The van der Waals surface area contributed by atoms with Gasteiger partial charge in [0.1, 0.15) is 23.3 Å². The van der Waals surface area contributed by atoms with E-state index in [0.717, 1.165) is 62.5 Å². The summed E-state index contributed by atoms with van der Waals surface area (Å²) in [7, 11) is 0. The monoisotopic (exact) mass is 702 g/mol. The number of unbranched alkanes of at least 4 members (excludes halogenated alkanes) is 2. The van der Waals surface area contributed by atoms with Crippen LogP contribution in [0, 0.1) is 0 Å². The van der Waals surface area contributed by atoms with E-state index in [-0.39, 0.29) is 17.2 Å². The molecule has 2 atom stereocenters. The molecule has 2 aromatic carbocycles. The smallest absolute Gasteiger partial charge is 0.410 e. The standard InChI is InChI=1S/C41H58N4O6/c1-9-11-21-41(22-12-10-2)31-25-27(42-35(46)33-15-13-23-44(33)37(48)50-39(3,4)5)17-19-29(31)30-20-18-28(26-32(30)41)43-36(47)34-16-14-24-45(34)38(49)51-40(6,7)8/h17-20,25-26,33-34H,9-16,21-24H2,1-8H3,(H,42,46)(H,43,47)/t33-,34-/m0/s1. The molecule has 2 saturated heterocycles. The number of nitrogens with one attached hydrogen (secondary N) is 2. The lowest BCUT2D eigenvalue weighted by atomic mass is 9.70. The van der Waals surface area contributed by atoms with E-state index in [4.69, 9.17) is 9.47 Å². The summed E-state index contributed by atoms with van der Waals surface area (Å²) in [6.45, 7) is 16.3. The van der Waals surface area contributed by atoms with Crippen molar-refractivity contribution in [2.24, 2.45) is 0 Å². The van der Waals surface area contributed by atoms with Crippen LogP contribution in [-0.2, 0) is 24.5 Å². The van der Waals surface area contributed by atoms with Gasteiger partial charge in [0.05, 0.1) is 0 Å². The summed E-state index contributed by atoms with van der Waals surface area (Å²) in [6.07, 6.45) is 7.72. The second-order valence-electron chi connectivity index (χ2n) is 16.5. The Morgan fingerprint density at radius 2 is 1.08 bits per heavy atom. The lowest BCUT2D eigenvalue weighted by Crippen LogP contribution is -2.45. The van der Waals surface area contributed by atoms with Crippen LogP contribution in [0.2, 0.25) is 0 Å². The number of benzene rings is 2. The Hall–Kier alpha value is -4.08. The quantitative estimate of drug-likeness (QED) is 0.255. The second kappa shape index (κ2) is 15.3. The normalized spacial score (nSPS) is 19.4. The third kappa shape index (κ3) is 8.53. The molecular formula is C41H58N4O6. The Bertz CT molecular complexity index is 1500. The highest BCUT2D eigenvalue weighted by Crippen LogP contribution is 2.55. The lowest BCUT2D eigenvalue weighted by molar-refractivity contribution is -0.121. The zero-order chi connectivity index (χ0) is 37.1. The highest BCUT2D eigenvalue weighted by Gasteiger charge is 2.44. The number of amides is 4. The van der Waals surface area contributed by atoms with Gasteiger partial charge in [-0.2, -0.15) is 0 Å². The maximum absolute atomic E-state index is 13.7. The molecule has 2 heterocycles. The SMILES string of the molecule is CCCCC1(CCCC)c2cc(NC(=O)[C@@H]3CCCN3C(=O)OC(C)(C)C)ccc2-c2ccc(NC(=O)[C@@H]3CCCN3C(=O)OC(C)(C)C)cc21. The Kier molecular flexibility index (Phi) is 11.4. The first-order chi connectivity index (χ1) is 24.1. The van der Waals surface area contributed by atoms with Crippen molar-refractivity contribution in [3.63, 3.8) is 0 Å². The fourth-order valence-electron chi connectivity index (χ4n) is 7.88. The van der Waals surface area contributed by atoms with Crippen molar-refractivity contribution in [1.29, 1.82) is 0 Å². The molecule has 0 saturated carbocycles. The summed E-state index contributed by atoms with van der Waals surface area (Å²) >= 11 is 0. The molecule has 0 aromatic heterocycles. The zero-order valence-corrected chi connectivity index (χ0v) is 31.9. The van der Waals surface area contributed by atoms with E-state index in [1.165, 1.54) is 11.1 Å². The average molecular weight is 703 g/mol. The number of anilines is 2. The van der Waals surface area contributed by atoms with E-state index in [1.807, 2.05) is 53.7 Å². The fourth-order valence-corrected chi connectivity index (χ4v) is 7.88. The van der Waals surface area contributed by atoms with Gasteiger partial charge >= 0.3 is 12.2 Å².